The normalized spacial score (nSPS) is 26.0. The standard InChI is InChI=1S/C6H8N2/c1-3-6-4-7-8(2)5-6/h1,4,6H,5H2,2H3. The highest BCUT2D eigenvalue weighted by Crippen LogP contribution is 2.01. The summed E-state index contributed by atoms with van der Waals surface area (Å²) >= 11 is 0. The van der Waals surface area contributed by atoms with Crippen LogP contribution in [0.4, 0.5) is 0 Å². The number of hydrogen-bond acceptors (Lipinski definition) is 2. The van der Waals surface area contributed by atoms with Crippen molar-refractivity contribution in [2.24, 2.45) is 11.0 Å². The Bertz CT molecular complexity index is 143. The SMILES string of the molecule is C#CC1C=NN(C)C1. The summed E-state index contributed by atoms with van der Waals surface area (Å²) in [6.07, 6.45) is 6.92. The molecule has 0 saturated heterocycles. The van der Waals surface area contributed by atoms with Crippen LogP contribution in [-0.2, 0) is 0 Å². The van der Waals surface area contributed by atoms with Gasteiger partial charge in [-0.3, -0.25) is 5.01 Å². The molecule has 0 aromatic carbocycles. The summed E-state index contributed by atoms with van der Waals surface area (Å²) in [5.74, 6) is 2.84. The van der Waals surface area contributed by atoms with Crippen molar-refractivity contribution in [2.45, 2.75) is 0 Å². The molecule has 42 valence electrons. The van der Waals surface area contributed by atoms with Gasteiger partial charge in [0, 0.05) is 13.3 Å². The lowest BCUT2D eigenvalue weighted by Crippen LogP contribution is -2.11. The number of hydrazone groups is 1. The maximum absolute atomic E-state index is 5.13. The van der Waals surface area contributed by atoms with Crippen LogP contribution in [0.15, 0.2) is 5.10 Å². The van der Waals surface area contributed by atoms with Crippen LogP contribution in [0.1, 0.15) is 0 Å². The minimum atomic E-state index is 0.236. The zero-order chi connectivity index (χ0) is 5.98. The second kappa shape index (κ2) is 1.87. The Hall–Kier alpha value is -0.970. The van der Waals surface area contributed by atoms with E-state index >= 15 is 0 Å². The van der Waals surface area contributed by atoms with Crippen molar-refractivity contribution in [2.75, 3.05) is 13.6 Å². The first kappa shape index (κ1) is 5.17. The molecule has 0 fully saturated rings. The molecule has 0 aromatic heterocycles. The Morgan fingerprint density at radius 3 is 3.00 bits per heavy atom. The van der Waals surface area contributed by atoms with Crippen molar-refractivity contribution in [3.63, 3.8) is 0 Å². The van der Waals surface area contributed by atoms with Gasteiger partial charge in [0.15, 0.2) is 0 Å². The van der Waals surface area contributed by atoms with E-state index in [2.05, 4.69) is 11.0 Å². The highest BCUT2D eigenvalue weighted by molar-refractivity contribution is 5.66. The van der Waals surface area contributed by atoms with Gasteiger partial charge < -0.3 is 0 Å². The number of hydrogen-bond donors (Lipinski definition) is 0. The molecule has 2 heteroatoms. The molecule has 1 heterocycles. The van der Waals surface area contributed by atoms with Crippen molar-refractivity contribution in [3.8, 4) is 12.3 Å². The quantitative estimate of drug-likeness (QED) is 0.404. The van der Waals surface area contributed by atoms with Crippen LogP contribution in [0.25, 0.3) is 0 Å². The third-order valence-electron chi connectivity index (χ3n) is 1.12. The molecular weight excluding hydrogens is 100 g/mol. The lowest BCUT2D eigenvalue weighted by Gasteiger charge is -2.03. The largest absolute Gasteiger partial charge is 0.299 e. The van der Waals surface area contributed by atoms with E-state index in [1.807, 2.05) is 12.1 Å². The van der Waals surface area contributed by atoms with E-state index in [1.54, 1.807) is 6.21 Å². The molecule has 1 aliphatic rings. The van der Waals surface area contributed by atoms with Crippen LogP contribution >= 0.6 is 0 Å². The maximum atomic E-state index is 5.13. The van der Waals surface area contributed by atoms with E-state index in [4.69, 9.17) is 6.42 Å². The van der Waals surface area contributed by atoms with Crippen molar-refractivity contribution in [1.82, 2.24) is 5.01 Å². The van der Waals surface area contributed by atoms with Gasteiger partial charge in [0.2, 0.25) is 0 Å². The van der Waals surface area contributed by atoms with Crippen LogP contribution in [0.5, 0.6) is 0 Å². The molecule has 0 aromatic rings. The highest BCUT2D eigenvalue weighted by atomic mass is 15.4. The average Bonchev–Trinajstić information content (AvgIpc) is 2.14. The summed E-state index contributed by atoms with van der Waals surface area (Å²) in [5.41, 5.74) is 0. The number of nitrogens with zero attached hydrogens (tertiary/aromatic N) is 2. The van der Waals surface area contributed by atoms with E-state index in [9.17, 15) is 0 Å². The molecule has 0 bridgehead atoms. The first-order valence-electron chi connectivity index (χ1n) is 2.54. The smallest absolute Gasteiger partial charge is 0.0761 e. The molecule has 0 saturated carbocycles. The van der Waals surface area contributed by atoms with Gasteiger partial charge in [0.05, 0.1) is 12.5 Å². The zero-order valence-electron chi connectivity index (χ0n) is 4.83. The molecule has 0 spiro atoms. The highest BCUT2D eigenvalue weighted by Gasteiger charge is 2.09. The Balaban J connectivity index is 2.49. The van der Waals surface area contributed by atoms with Crippen molar-refractivity contribution >= 4 is 6.21 Å². The molecule has 1 rings (SSSR count). The van der Waals surface area contributed by atoms with E-state index in [0.29, 0.717) is 0 Å². The Morgan fingerprint density at radius 2 is 2.75 bits per heavy atom. The predicted octanol–water partition coefficient (Wildman–Crippen LogP) is 0.167. The Labute approximate surface area is 49.2 Å². The molecule has 0 aliphatic carbocycles. The fraction of sp³-hybridized carbons (Fsp3) is 0.500. The van der Waals surface area contributed by atoms with Gasteiger partial charge in [-0.2, -0.15) is 5.10 Å². The summed E-state index contributed by atoms with van der Waals surface area (Å²) in [6.45, 7) is 0.872. The van der Waals surface area contributed by atoms with Crippen LogP contribution in [0.2, 0.25) is 0 Å². The Kier molecular flexibility index (Phi) is 1.21. The second-order valence-corrected chi connectivity index (χ2v) is 1.88. The van der Waals surface area contributed by atoms with Crippen molar-refractivity contribution < 1.29 is 0 Å². The summed E-state index contributed by atoms with van der Waals surface area (Å²) < 4.78 is 0. The summed E-state index contributed by atoms with van der Waals surface area (Å²) in [7, 11) is 1.91. The minimum Gasteiger partial charge on any atom is -0.299 e. The predicted molar refractivity (Wildman–Crippen MR) is 33.4 cm³/mol. The molecule has 1 atom stereocenters. The second-order valence-electron chi connectivity index (χ2n) is 1.88. The first-order valence-corrected chi connectivity index (χ1v) is 2.54. The van der Waals surface area contributed by atoms with E-state index in [-0.39, 0.29) is 5.92 Å². The van der Waals surface area contributed by atoms with Crippen molar-refractivity contribution in [3.05, 3.63) is 0 Å². The number of terminal acetylenes is 1. The van der Waals surface area contributed by atoms with Gasteiger partial charge in [-0.25, -0.2) is 0 Å². The van der Waals surface area contributed by atoms with Crippen LogP contribution in [0, 0.1) is 18.3 Å². The molecule has 0 N–H and O–H groups in total. The van der Waals surface area contributed by atoms with Gasteiger partial charge >= 0.3 is 0 Å². The fourth-order valence-electron chi connectivity index (χ4n) is 0.669. The molecule has 2 nitrogen and oxygen atoms in total. The van der Waals surface area contributed by atoms with Crippen LogP contribution in [-0.4, -0.2) is 24.8 Å². The van der Waals surface area contributed by atoms with Crippen LogP contribution < -0.4 is 0 Å². The monoisotopic (exact) mass is 108 g/mol. The lowest BCUT2D eigenvalue weighted by molar-refractivity contribution is 0.378. The van der Waals surface area contributed by atoms with Gasteiger partial charge in [-0.05, 0) is 0 Å². The topological polar surface area (TPSA) is 15.6 Å². The Morgan fingerprint density at radius 1 is 2.00 bits per heavy atom. The van der Waals surface area contributed by atoms with Crippen LogP contribution in [0.3, 0.4) is 0 Å². The molecule has 0 radical (unpaired) electrons. The van der Waals surface area contributed by atoms with E-state index in [0.717, 1.165) is 6.54 Å². The summed E-state index contributed by atoms with van der Waals surface area (Å²) in [6, 6.07) is 0. The summed E-state index contributed by atoms with van der Waals surface area (Å²) in [4.78, 5) is 0. The molecular formula is C6H8N2. The lowest BCUT2D eigenvalue weighted by atomic mass is 10.2. The molecule has 1 aliphatic heterocycles. The van der Waals surface area contributed by atoms with E-state index in [1.165, 1.54) is 0 Å². The molecule has 8 heavy (non-hydrogen) atoms. The third kappa shape index (κ3) is 0.812. The molecule has 0 amide bonds. The van der Waals surface area contributed by atoms with E-state index < -0.39 is 0 Å². The van der Waals surface area contributed by atoms with Gasteiger partial charge in [0.1, 0.15) is 0 Å². The van der Waals surface area contributed by atoms with Gasteiger partial charge in [-0.15, -0.1) is 6.42 Å². The first-order chi connectivity index (χ1) is 3.83. The molecule has 1 unspecified atom stereocenters. The maximum Gasteiger partial charge on any atom is 0.0761 e. The minimum absolute atomic E-state index is 0.236. The van der Waals surface area contributed by atoms with Crippen molar-refractivity contribution in [1.29, 1.82) is 0 Å². The zero-order valence-corrected chi connectivity index (χ0v) is 4.83. The summed E-state index contributed by atoms with van der Waals surface area (Å²) in [5, 5.41) is 5.79. The van der Waals surface area contributed by atoms with Gasteiger partial charge in [-0.1, -0.05) is 5.92 Å². The average molecular weight is 108 g/mol. The van der Waals surface area contributed by atoms with Gasteiger partial charge in [0.25, 0.3) is 0 Å². The third-order valence-corrected chi connectivity index (χ3v) is 1.12. The fourth-order valence-corrected chi connectivity index (χ4v) is 0.669. The number of rotatable bonds is 0.